The topological polar surface area (TPSA) is 39.6 Å². The lowest BCUT2D eigenvalue weighted by molar-refractivity contribution is 0.191. The van der Waals surface area contributed by atoms with Gasteiger partial charge in [-0.25, -0.2) is 9.37 Å². The van der Waals surface area contributed by atoms with Gasteiger partial charge >= 0.3 is 0 Å². The van der Waals surface area contributed by atoms with Crippen LogP contribution in [0.5, 0.6) is 0 Å². The molecule has 0 aliphatic carbocycles. The van der Waals surface area contributed by atoms with Crippen LogP contribution >= 0.6 is 0 Å². The zero-order valence-electron chi connectivity index (χ0n) is 10.2. The standard InChI is InChI=1S/C12H18FN3O/c1-15(2)7-10-5-11(17)8-16(10)12-4-3-9(13)6-14-12/h3-4,6,10-11,17H,5,7-8H2,1-2H3. The molecule has 1 aliphatic rings. The maximum Gasteiger partial charge on any atom is 0.141 e. The first-order valence-electron chi connectivity index (χ1n) is 5.77. The number of halogens is 1. The number of aromatic nitrogens is 1. The van der Waals surface area contributed by atoms with Crippen LogP contribution in [-0.2, 0) is 0 Å². The summed E-state index contributed by atoms with van der Waals surface area (Å²) < 4.78 is 12.8. The first kappa shape index (κ1) is 12.3. The number of aliphatic hydroxyl groups excluding tert-OH is 1. The van der Waals surface area contributed by atoms with E-state index in [0.29, 0.717) is 6.54 Å². The molecule has 0 amide bonds. The van der Waals surface area contributed by atoms with E-state index in [9.17, 15) is 9.50 Å². The summed E-state index contributed by atoms with van der Waals surface area (Å²) in [5, 5.41) is 9.74. The Morgan fingerprint density at radius 2 is 2.29 bits per heavy atom. The average molecular weight is 239 g/mol. The van der Waals surface area contributed by atoms with Gasteiger partial charge in [-0.1, -0.05) is 0 Å². The first-order chi connectivity index (χ1) is 8.06. The molecule has 2 rings (SSSR count). The number of likely N-dealkylation sites (N-methyl/N-ethyl adjacent to an activating group) is 1. The van der Waals surface area contributed by atoms with Crippen molar-refractivity contribution in [2.24, 2.45) is 0 Å². The number of hydrogen-bond donors (Lipinski definition) is 1. The largest absolute Gasteiger partial charge is 0.391 e. The van der Waals surface area contributed by atoms with Crippen LogP contribution in [0, 0.1) is 5.82 Å². The van der Waals surface area contributed by atoms with Crippen molar-refractivity contribution >= 4 is 5.82 Å². The minimum absolute atomic E-state index is 0.234. The van der Waals surface area contributed by atoms with Gasteiger partial charge in [-0.15, -0.1) is 0 Å². The highest BCUT2D eigenvalue weighted by atomic mass is 19.1. The van der Waals surface area contributed by atoms with Crippen LogP contribution in [0.3, 0.4) is 0 Å². The predicted molar refractivity (Wildman–Crippen MR) is 64.5 cm³/mol. The van der Waals surface area contributed by atoms with E-state index < -0.39 is 0 Å². The molecule has 0 bridgehead atoms. The number of hydrogen-bond acceptors (Lipinski definition) is 4. The van der Waals surface area contributed by atoms with E-state index in [2.05, 4.69) is 9.88 Å². The molecule has 17 heavy (non-hydrogen) atoms. The third-order valence-electron chi connectivity index (χ3n) is 2.97. The second-order valence-electron chi connectivity index (χ2n) is 4.79. The van der Waals surface area contributed by atoms with Crippen LogP contribution in [0.25, 0.3) is 0 Å². The van der Waals surface area contributed by atoms with Gasteiger partial charge in [-0.3, -0.25) is 0 Å². The van der Waals surface area contributed by atoms with Gasteiger partial charge in [0, 0.05) is 19.1 Å². The van der Waals surface area contributed by atoms with E-state index in [1.807, 2.05) is 19.0 Å². The number of anilines is 1. The molecule has 1 aromatic rings. The van der Waals surface area contributed by atoms with Crippen LogP contribution in [0.4, 0.5) is 10.2 Å². The Labute approximate surface area is 101 Å². The summed E-state index contributed by atoms with van der Waals surface area (Å²) in [5.74, 6) is 0.396. The maximum atomic E-state index is 12.8. The van der Waals surface area contributed by atoms with Crippen LogP contribution in [0.2, 0.25) is 0 Å². The molecular weight excluding hydrogens is 221 g/mol. The van der Waals surface area contributed by atoms with Crippen molar-refractivity contribution in [2.75, 3.05) is 32.1 Å². The molecule has 1 aromatic heterocycles. The molecule has 0 spiro atoms. The average Bonchev–Trinajstić information content (AvgIpc) is 2.59. The SMILES string of the molecule is CN(C)CC1CC(O)CN1c1ccc(F)cn1. The summed E-state index contributed by atoms with van der Waals surface area (Å²) in [4.78, 5) is 8.20. The number of aliphatic hydroxyl groups is 1. The fourth-order valence-corrected chi connectivity index (χ4v) is 2.31. The second kappa shape index (κ2) is 4.98. The lowest BCUT2D eigenvalue weighted by Gasteiger charge is -2.27. The Hall–Kier alpha value is -1.20. The quantitative estimate of drug-likeness (QED) is 0.844. The van der Waals surface area contributed by atoms with Gasteiger partial charge in [0.2, 0.25) is 0 Å². The van der Waals surface area contributed by atoms with Crippen molar-refractivity contribution in [1.82, 2.24) is 9.88 Å². The molecule has 1 N–H and O–H groups in total. The summed E-state index contributed by atoms with van der Waals surface area (Å²) >= 11 is 0. The van der Waals surface area contributed by atoms with Crippen molar-refractivity contribution in [3.63, 3.8) is 0 Å². The summed E-state index contributed by atoms with van der Waals surface area (Å²) in [6.07, 6.45) is 1.62. The van der Waals surface area contributed by atoms with E-state index >= 15 is 0 Å². The fourth-order valence-electron chi connectivity index (χ4n) is 2.31. The molecule has 0 aromatic carbocycles. The van der Waals surface area contributed by atoms with Gasteiger partial charge in [-0.2, -0.15) is 0 Å². The van der Waals surface area contributed by atoms with Crippen LogP contribution in [0.1, 0.15) is 6.42 Å². The molecule has 94 valence electrons. The van der Waals surface area contributed by atoms with Gasteiger partial charge in [0.05, 0.1) is 12.3 Å². The second-order valence-corrected chi connectivity index (χ2v) is 4.79. The number of nitrogens with zero attached hydrogens (tertiary/aromatic N) is 3. The zero-order valence-corrected chi connectivity index (χ0v) is 10.2. The summed E-state index contributed by atoms with van der Waals surface area (Å²) in [6.45, 7) is 1.42. The van der Waals surface area contributed by atoms with Gasteiger partial charge in [0.15, 0.2) is 0 Å². The van der Waals surface area contributed by atoms with E-state index in [-0.39, 0.29) is 18.0 Å². The summed E-state index contributed by atoms with van der Waals surface area (Å²) in [7, 11) is 4.00. The van der Waals surface area contributed by atoms with Gasteiger partial charge in [0.1, 0.15) is 11.6 Å². The monoisotopic (exact) mass is 239 g/mol. The Kier molecular flexibility index (Phi) is 3.59. The zero-order chi connectivity index (χ0) is 12.4. The van der Waals surface area contributed by atoms with Crippen molar-refractivity contribution in [2.45, 2.75) is 18.6 Å². The third-order valence-corrected chi connectivity index (χ3v) is 2.97. The van der Waals surface area contributed by atoms with Crippen molar-refractivity contribution in [3.05, 3.63) is 24.1 Å². The number of β-amino-alcohol motifs (C(OH)–C–C–N with tert-alkyl or cyclic N) is 1. The Morgan fingerprint density at radius 3 is 2.88 bits per heavy atom. The summed E-state index contributed by atoms with van der Waals surface area (Å²) in [6, 6.07) is 3.30. The molecule has 1 fully saturated rings. The number of pyridine rings is 1. The Morgan fingerprint density at radius 1 is 1.53 bits per heavy atom. The molecule has 0 saturated carbocycles. The molecule has 2 unspecified atom stereocenters. The molecule has 5 heteroatoms. The normalized spacial score (nSPS) is 24.6. The number of rotatable bonds is 3. The highest BCUT2D eigenvalue weighted by molar-refractivity contribution is 5.41. The van der Waals surface area contributed by atoms with E-state index in [4.69, 9.17) is 0 Å². The van der Waals surface area contributed by atoms with Crippen LogP contribution < -0.4 is 4.90 Å². The molecule has 2 heterocycles. The van der Waals surface area contributed by atoms with Gasteiger partial charge < -0.3 is 14.9 Å². The highest BCUT2D eigenvalue weighted by Crippen LogP contribution is 2.24. The molecule has 0 radical (unpaired) electrons. The lowest BCUT2D eigenvalue weighted by atomic mass is 10.2. The van der Waals surface area contributed by atoms with Crippen molar-refractivity contribution < 1.29 is 9.50 Å². The summed E-state index contributed by atoms with van der Waals surface area (Å²) in [5.41, 5.74) is 0. The minimum atomic E-state index is -0.336. The van der Waals surface area contributed by atoms with E-state index in [0.717, 1.165) is 18.8 Å². The lowest BCUT2D eigenvalue weighted by Crippen LogP contribution is -2.38. The predicted octanol–water partition coefficient (Wildman–Crippen LogP) is 0.722. The minimum Gasteiger partial charge on any atom is -0.391 e. The van der Waals surface area contributed by atoms with E-state index in [1.165, 1.54) is 12.3 Å². The maximum absolute atomic E-state index is 12.8. The van der Waals surface area contributed by atoms with Crippen molar-refractivity contribution in [3.8, 4) is 0 Å². The van der Waals surface area contributed by atoms with Gasteiger partial charge in [0.25, 0.3) is 0 Å². The first-order valence-corrected chi connectivity index (χ1v) is 5.77. The van der Waals surface area contributed by atoms with Crippen LogP contribution in [0.15, 0.2) is 18.3 Å². The van der Waals surface area contributed by atoms with Gasteiger partial charge in [-0.05, 0) is 32.6 Å². The molecule has 1 aliphatic heterocycles. The Bertz CT molecular complexity index is 369. The highest BCUT2D eigenvalue weighted by Gasteiger charge is 2.31. The fraction of sp³-hybridized carbons (Fsp3) is 0.583. The molecular formula is C12H18FN3O. The Balaban J connectivity index is 2.14. The van der Waals surface area contributed by atoms with Crippen LogP contribution in [-0.4, -0.2) is 54.3 Å². The molecule has 1 saturated heterocycles. The third kappa shape index (κ3) is 2.92. The molecule has 4 nitrogen and oxygen atoms in total. The van der Waals surface area contributed by atoms with Crippen molar-refractivity contribution in [1.29, 1.82) is 0 Å². The van der Waals surface area contributed by atoms with E-state index in [1.54, 1.807) is 6.07 Å². The smallest absolute Gasteiger partial charge is 0.141 e. The molecule has 2 atom stereocenters.